The minimum Gasteiger partial charge on any atom is -0.478 e. The Morgan fingerprint density at radius 1 is 1.04 bits per heavy atom. The lowest BCUT2D eigenvalue weighted by Gasteiger charge is -2.11. The zero-order valence-electron chi connectivity index (χ0n) is 11.9. The van der Waals surface area contributed by atoms with E-state index >= 15 is 0 Å². The van der Waals surface area contributed by atoms with Crippen LogP contribution in [0.25, 0.3) is 22.0 Å². The molecule has 7 heteroatoms. The Morgan fingerprint density at radius 3 is 2.42 bits per heavy atom. The van der Waals surface area contributed by atoms with E-state index in [-0.39, 0.29) is 11.1 Å². The van der Waals surface area contributed by atoms with Crippen LogP contribution in [0.5, 0.6) is 0 Å². The molecule has 0 saturated heterocycles. The van der Waals surface area contributed by atoms with E-state index in [4.69, 9.17) is 5.11 Å². The van der Waals surface area contributed by atoms with Crippen LogP contribution in [0, 0.1) is 5.82 Å². The fourth-order valence-electron chi connectivity index (χ4n) is 2.44. The van der Waals surface area contributed by atoms with Gasteiger partial charge in [-0.25, -0.2) is 9.18 Å². The number of pyridine rings is 1. The fraction of sp³-hybridized carbons (Fsp3) is 0.0588. The van der Waals surface area contributed by atoms with Crippen LogP contribution in [0.15, 0.2) is 48.7 Å². The van der Waals surface area contributed by atoms with Crippen molar-refractivity contribution in [3.63, 3.8) is 0 Å². The third-order valence-electron chi connectivity index (χ3n) is 3.57. The van der Waals surface area contributed by atoms with Crippen LogP contribution in [-0.4, -0.2) is 16.1 Å². The smallest absolute Gasteiger partial charge is 0.419 e. The Kier molecular flexibility index (Phi) is 3.71. The Labute approximate surface area is 133 Å². The zero-order chi connectivity index (χ0) is 17.5. The molecular formula is C17H9F4NO2. The van der Waals surface area contributed by atoms with Crippen molar-refractivity contribution in [1.29, 1.82) is 0 Å². The number of benzene rings is 2. The molecule has 0 fully saturated rings. The topological polar surface area (TPSA) is 50.2 Å². The Balaban J connectivity index is 2.21. The van der Waals surface area contributed by atoms with Gasteiger partial charge >= 0.3 is 12.1 Å². The van der Waals surface area contributed by atoms with Crippen LogP contribution in [-0.2, 0) is 6.18 Å². The van der Waals surface area contributed by atoms with E-state index in [0.29, 0.717) is 22.5 Å². The molecule has 0 radical (unpaired) electrons. The number of halogens is 4. The Morgan fingerprint density at radius 2 is 1.79 bits per heavy atom. The summed E-state index contributed by atoms with van der Waals surface area (Å²) in [6, 6.07) is 8.31. The molecule has 0 spiro atoms. The average Bonchev–Trinajstić information content (AvgIpc) is 2.52. The second-order valence-electron chi connectivity index (χ2n) is 5.09. The summed E-state index contributed by atoms with van der Waals surface area (Å²) < 4.78 is 51.8. The van der Waals surface area contributed by atoms with Crippen molar-refractivity contribution in [2.45, 2.75) is 6.18 Å². The molecule has 0 amide bonds. The molecule has 0 aliphatic rings. The van der Waals surface area contributed by atoms with Gasteiger partial charge in [0.25, 0.3) is 0 Å². The number of carboxylic acid groups (broad SMARTS) is 1. The van der Waals surface area contributed by atoms with Crippen LogP contribution < -0.4 is 0 Å². The number of carbonyl (C=O) groups is 1. The normalized spacial score (nSPS) is 11.7. The molecule has 3 aromatic rings. The first-order chi connectivity index (χ1) is 11.3. The van der Waals surface area contributed by atoms with Crippen LogP contribution >= 0.6 is 0 Å². The van der Waals surface area contributed by atoms with E-state index in [1.807, 2.05) is 0 Å². The van der Waals surface area contributed by atoms with Crippen LogP contribution in [0.4, 0.5) is 17.6 Å². The largest absolute Gasteiger partial charge is 0.478 e. The zero-order valence-corrected chi connectivity index (χ0v) is 11.9. The lowest BCUT2D eigenvalue weighted by molar-refractivity contribution is -0.139. The van der Waals surface area contributed by atoms with Crippen molar-refractivity contribution < 1.29 is 27.5 Å². The second kappa shape index (κ2) is 5.59. The maximum Gasteiger partial charge on any atom is 0.419 e. The van der Waals surface area contributed by atoms with E-state index in [9.17, 15) is 22.4 Å². The summed E-state index contributed by atoms with van der Waals surface area (Å²) >= 11 is 0. The van der Waals surface area contributed by atoms with Crippen molar-refractivity contribution in [2.24, 2.45) is 0 Å². The Hall–Kier alpha value is -2.96. The molecule has 0 saturated carbocycles. The molecule has 0 aliphatic heterocycles. The number of alkyl halides is 3. The highest BCUT2D eigenvalue weighted by Crippen LogP contribution is 2.35. The quantitative estimate of drug-likeness (QED) is 0.687. The van der Waals surface area contributed by atoms with Crippen molar-refractivity contribution in [2.75, 3.05) is 0 Å². The van der Waals surface area contributed by atoms with E-state index in [1.165, 1.54) is 30.5 Å². The van der Waals surface area contributed by atoms with Crippen molar-refractivity contribution >= 4 is 16.9 Å². The van der Waals surface area contributed by atoms with Crippen LogP contribution in [0.2, 0.25) is 0 Å². The predicted octanol–water partition coefficient (Wildman–Crippen LogP) is 4.76. The molecule has 3 rings (SSSR count). The van der Waals surface area contributed by atoms with Gasteiger partial charge in [-0.3, -0.25) is 4.98 Å². The lowest BCUT2D eigenvalue weighted by Crippen LogP contribution is -2.07. The number of nitrogens with zero attached hydrogens (tertiary/aromatic N) is 1. The molecular weight excluding hydrogens is 326 g/mol. The summed E-state index contributed by atoms with van der Waals surface area (Å²) in [7, 11) is 0. The van der Waals surface area contributed by atoms with Gasteiger partial charge < -0.3 is 5.11 Å². The van der Waals surface area contributed by atoms with Crippen LogP contribution in [0.3, 0.4) is 0 Å². The van der Waals surface area contributed by atoms with Gasteiger partial charge in [-0.15, -0.1) is 0 Å². The van der Waals surface area contributed by atoms with Crippen molar-refractivity contribution in [3.05, 3.63) is 65.6 Å². The summed E-state index contributed by atoms with van der Waals surface area (Å²) in [5, 5.41) is 9.48. The van der Waals surface area contributed by atoms with Gasteiger partial charge in [0, 0.05) is 11.6 Å². The van der Waals surface area contributed by atoms with E-state index in [0.717, 1.165) is 12.1 Å². The molecule has 0 unspecified atom stereocenters. The highest BCUT2D eigenvalue weighted by atomic mass is 19.4. The fourth-order valence-corrected chi connectivity index (χ4v) is 2.44. The van der Waals surface area contributed by atoms with E-state index < -0.39 is 23.5 Å². The molecule has 0 bridgehead atoms. The van der Waals surface area contributed by atoms with E-state index in [2.05, 4.69) is 4.98 Å². The van der Waals surface area contributed by atoms with Gasteiger partial charge in [0.1, 0.15) is 5.82 Å². The van der Waals surface area contributed by atoms with Gasteiger partial charge in [-0.1, -0.05) is 6.07 Å². The number of aromatic nitrogens is 1. The number of carboxylic acids is 1. The van der Waals surface area contributed by atoms with Crippen molar-refractivity contribution in [3.8, 4) is 11.1 Å². The first kappa shape index (κ1) is 15.9. The predicted molar refractivity (Wildman–Crippen MR) is 79.1 cm³/mol. The number of hydrogen-bond acceptors (Lipinski definition) is 2. The minimum atomic E-state index is -4.78. The summed E-state index contributed by atoms with van der Waals surface area (Å²) in [6.07, 6.45) is -3.35. The molecule has 0 aliphatic carbocycles. The summed E-state index contributed by atoms with van der Waals surface area (Å²) in [4.78, 5) is 15.2. The summed E-state index contributed by atoms with van der Waals surface area (Å²) in [5.74, 6) is -2.54. The molecule has 1 aromatic heterocycles. The highest BCUT2D eigenvalue weighted by molar-refractivity contribution is 5.99. The summed E-state index contributed by atoms with van der Waals surface area (Å²) in [6.45, 7) is 0. The number of hydrogen-bond donors (Lipinski definition) is 1. The molecule has 1 heterocycles. The minimum absolute atomic E-state index is 0.00383. The maximum absolute atomic E-state index is 13.8. The third kappa shape index (κ3) is 2.80. The lowest BCUT2D eigenvalue weighted by atomic mass is 9.98. The third-order valence-corrected chi connectivity index (χ3v) is 3.57. The molecule has 1 N–H and O–H groups in total. The SMILES string of the molecule is O=C(O)c1ccc2nccc(-c3ccc(C(F)(F)F)c(F)c3)c2c1. The molecule has 2 aromatic carbocycles. The second-order valence-corrected chi connectivity index (χ2v) is 5.09. The van der Waals surface area contributed by atoms with Gasteiger partial charge in [-0.05, 0) is 47.5 Å². The highest BCUT2D eigenvalue weighted by Gasteiger charge is 2.34. The molecule has 122 valence electrons. The maximum atomic E-state index is 13.8. The Bertz CT molecular complexity index is 951. The van der Waals surface area contributed by atoms with Gasteiger partial charge in [0.15, 0.2) is 0 Å². The van der Waals surface area contributed by atoms with Gasteiger partial charge in [0.05, 0.1) is 16.6 Å². The van der Waals surface area contributed by atoms with Crippen molar-refractivity contribution in [1.82, 2.24) is 4.98 Å². The number of fused-ring (bicyclic) bond motifs is 1. The molecule has 24 heavy (non-hydrogen) atoms. The van der Waals surface area contributed by atoms with Gasteiger partial charge in [-0.2, -0.15) is 13.2 Å². The average molecular weight is 335 g/mol. The summed E-state index contributed by atoms with van der Waals surface area (Å²) in [5.41, 5.74) is -0.288. The monoisotopic (exact) mass is 335 g/mol. The van der Waals surface area contributed by atoms with Gasteiger partial charge in [0.2, 0.25) is 0 Å². The standard InChI is InChI=1S/C17H9F4NO2/c18-14-8-9(1-3-13(14)17(19,20)21)11-5-6-22-15-4-2-10(16(23)24)7-12(11)15/h1-8H,(H,23,24). The molecule has 0 atom stereocenters. The first-order valence-corrected chi connectivity index (χ1v) is 6.76. The number of rotatable bonds is 2. The first-order valence-electron chi connectivity index (χ1n) is 6.76. The number of aromatic carboxylic acids is 1. The van der Waals surface area contributed by atoms with E-state index in [1.54, 1.807) is 0 Å². The van der Waals surface area contributed by atoms with Crippen LogP contribution in [0.1, 0.15) is 15.9 Å². The molecule has 3 nitrogen and oxygen atoms in total.